The SMILES string of the molecule is CC(C)Oc1ccc2ncc(-c3cc4n(n3)CCC43CCN(C(=O)N[C@H](C)c4cncc(F)c4)C3)cc2c1. The summed E-state index contributed by atoms with van der Waals surface area (Å²) in [6, 6.07) is 11.1. The number of aromatic nitrogens is 4. The van der Waals surface area contributed by atoms with Crippen molar-refractivity contribution < 1.29 is 13.9 Å². The minimum absolute atomic E-state index is 0.102. The Bertz CT molecular complexity index is 1520. The lowest BCUT2D eigenvalue weighted by atomic mass is 9.82. The van der Waals surface area contributed by atoms with E-state index in [4.69, 9.17) is 9.84 Å². The molecule has 8 nitrogen and oxygen atoms in total. The fourth-order valence-corrected chi connectivity index (χ4v) is 5.68. The van der Waals surface area contributed by atoms with E-state index < -0.39 is 5.82 Å². The fraction of sp³-hybridized carbons (Fsp3) is 0.379. The molecule has 2 aliphatic rings. The van der Waals surface area contributed by atoms with Crippen LogP contribution in [0.3, 0.4) is 0 Å². The number of benzene rings is 1. The molecule has 0 aliphatic carbocycles. The van der Waals surface area contributed by atoms with Gasteiger partial charge in [-0.3, -0.25) is 14.6 Å². The van der Waals surface area contributed by atoms with E-state index in [1.165, 1.54) is 11.8 Å². The minimum Gasteiger partial charge on any atom is -0.491 e. The minimum atomic E-state index is -0.412. The summed E-state index contributed by atoms with van der Waals surface area (Å²) < 4.78 is 21.5. The van der Waals surface area contributed by atoms with Gasteiger partial charge in [-0.15, -0.1) is 0 Å². The Kier molecular flexibility index (Phi) is 6.01. The van der Waals surface area contributed by atoms with Gasteiger partial charge in [-0.2, -0.15) is 5.10 Å². The van der Waals surface area contributed by atoms with Crippen molar-refractivity contribution in [3.8, 4) is 17.0 Å². The number of fused-ring (bicyclic) bond motifs is 3. The molecule has 196 valence electrons. The maximum Gasteiger partial charge on any atom is 0.317 e. The average molecular weight is 515 g/mol. The number of nitrogens with zero attached hydrogens (tertiary/aromatic N) is 5. The van der Waals surface area contributed by atoms with Crippen molar-refractivity contribution >= 4 is 16.9 Å². The van der Waals surface area contributed by atoms with Crippen LogP contribution in [0.15, 0.2) is 55.0 Å². The van der Waals surface area contributed by atoms with Crippen LogP contribution in [-0.2, 0) is 12.0 Å². The van der Waals surface area contributed by atoms with Crippen molar-refractivity contribution in [1.29, 1.82) is 0 Å². The fourth-order valence-electron chi connectivity index (χ4n) is 5.68. The molecule has 1 fully saturated rings. The van der Waals surface area contributed by atoms with E-state index in [0.29, 0.717) is 18.7 Å². The van der Waals surface area contributed by atoms with Gasteiger partial charge in [0.25, 0.3) is 0 Å². The van der Waals surface area contributed by atoms with Gasteiger partial charge in [-0.25, -0.2) is 9.18 Å². The Labute approximate surface area is 220 Å². The Hall–Kier alpha value is -4.01. The molecule has 1 saturated heterocycles. The van der Waals surface area contributed by atoms with Crippen LogP contribution in [0, 0.1) is 5.82 Å². The standard InChI is InChI=1S/C29H31FN6O2/c1-18(2)38-24-4-5-25-20(12-24)10-22(15-32-25)26-13-27-29(7-9-36(27)34-26)6-8-35(17-29)28(37)33-19(3)21-11-23(30)16-31-14-21/h4-5,10-16,18-19H,6-9,17H2,1-3H3,(H,33,37)/t19-,29?/m1/s1. The predicted octanol–water partition coefficient (Wildman–Crippen LogP) is 5.24. The molecule has 1 aromatic carbocycles. The van der Waals surface area contributed by atoms with Gasteiger partial charge in [0.15, 0.2) is 0 Å². The number of ether oxygens (including phenoxy) is 1. The number of halogens is 1. The third-order valence-electron chi connectivity index (χ3n) is 7.65. The third kappa shape index (κ3) is 4.46. The molecule has 38 heavy (non-hydrogen) atoms. The Morgan fingerprint density at radius 1 is 1.08 bits per heavy atom. The van der Waals surface area contributed by atoms with Crippen LogP contribution in [0.5, 0.6) is 5.75 Å². The molecular formula is C29H31FN6O2. The third-order valence-corrected chi connectivity index (χ3v) is 7.65. The van der Waals surface area contributed by atoms with Gasteiger partial charge in [-0.1, -0.05) is 0 Å². The first-order chi connectivity index (χ1) is 18.3. The Morgan fingerprint density at radius 2 is 1.92 bits per heavy atom. The van der Waals surface area contributed by atoms with E-state index in [1.807, 2.05) is 50.1 Å². The largest absolute Gasteiger partial charge is 0.491 e. The Balaban J connectivity index is 1.20. The monoisotopic (exact) mass is 514 g/mol. The number of hydrogen-bond donors (Lipinski definition) is 1. The van der Waals surface area contributed by atoms with E-state index in [9.17, 15) is 9.18 Å². The number of carbonyl (C=O) groups is 1. The highest BCUT2D eigenvalue weighted by Gasteiger charge is 2.47. The summed E-state index contributed by atoms with van der Waals surface area (Å²) in [5.41, 5.74) is 4.45. The number of likely N-dealkylation sites (tertiary alicyclic amines) is 1. The molecule has 0 saturated carbocycles. The highest BCUT2D eigenvalue weighted by atomic mass is 19.1. The van der Waals surface area contributed by atoms with Gasteiger partial charge < -0.3 is 15.0 Å². The highest BCUT2D eigenvalue weighted by molar-refractivity contribution is 5.84. The van der Waals surface area contributed by atoms with Crippen LogP contribution in [0.25, 0.3) is 22.2 Å². The summed E-state index contributed by atoms with van der Waals surface area (Å²) in [4.78, 5) is 23.5. The number of hydrogen-bond acceptors (Lipinski definition) is 5. The molecule has 4 aromatic rings. The average Bonchev–Trinajstić information content (AvgIpc) is 3.60. The van der Waals surface area contributed by atoms with Crippen LogP contribution in [-0.4, -0.2) is 49.9 Å². The first kappa shape index (κ1) is 24.3. The molecule has 5 heterocycles. The van der Waals surface area contributed by atoms with Gasteiger partial charge in [-0.05, 0) is 75.6 Å². The van der Waals surface area contributed by atoms with Crippen molar-refractivity contribution in [2.24, 2.45) is 0 Å². The molecule has 2 amide bonds. The number of carbonyl (C=O) groups excluding carboxylic acids is 1. The zero-order chi connectivity index (χ0) is 26.4. The second kappa shape index (κ2) is 9.38. The van der Waals surface area contributed by atoms with Crippen molar-refractivity contribution in [2.75, 3.05) is 13.1 Å². The van der Waals surface area contributed by atoms with Gasteiger partial charge in [0.2, 0.25) is 0 Å². The molecular weight excluding hydrogens is 483 g/mol. The van der Waals surface area contributed by atoms with E-state index in [-0.39, 0.29) is 23.6 Å². The van der Waals surface area contributed by atoms with Crippen molar-refractivity contribution in [2.45, 2.75) is 57.7 Å². The van der Waals surface area contributed by atoms with Gasteiger partial charge in [0.05, 0.1) is 29.6 Å². The lowest BCUT2D eigenvalue weighted by Gasteiger charge is -2.25. The van der Waals surface area contributed by atoms with Crippen LogP contribution < -0.4 is 10.1 Å². The van der Waals surface area contributed by atoms with Crippen molar-refractivity contribution in [3.05, 3.63) is 72.1 Å². The maximum absolute atomic E-state index is 13.6. The van der Waals surface area contributed by atoms with Crippen LogP contribution in [0.1, 0.15) is 50.9 Å². The number of rotatable bonds is 5. The first-order valence-electron chi connectivity index (χ1n) is 13.1. The van der Waals surface area contributed by atoms with Gasteiger partial charge >= 0.3 is 6.03 Å². The molecule has 2 atom stereocenters. The Morgan fingerprint density at radius 3 is 2.74 bits per heavy atom. The van der Waals surface area contributed by atoms with E-state index in [2.05, 4.69) is 32.1 Å². The van der Waals surface area contributed by atoms with Gasteiger partial charge in [0.1, 0.15) is 11.6 Å². The number of nitrogens with one attached hydrogen (secondary N) is 1. The summed E-state index contributed by atoms with van der Waals surface area (Å²) in [6.45, 7) is 7.98. The zero-order valence-corrected chi connectivity index (χ0v) is 21.8. The second-order valence-electron chi connectivity index (χ2n) is 10.7. The second-order valence-corrected chi connectivity index (χ2v) is 10.7. The molecule has 9 heteroatoms. The highest BCUT2D eigenvalue weighted by Crippen LogP contribution is 2.44. The molecule has 6 rings (SSSR count). The quantitative estimate of drug-likeness (QED) is 0.394. The van der Waals surface area contributed by atoms with Gasteiger partial charge in [0, 0.05) is 54.1 Å². The lowest BCUT2D eigenvalue weighted by Crippen LogP contribution is -2.41. The van der Waals surface area contributed by atoms with Crippen LogP contribution in [0.2, 0.25) is 0 Å². The maximum atomic E-state index is 13.6. The molecule has 3 aromatic heterocycles. The lowest BCUT2D eigenvalue weighted by molar-refractivity contribution is 0.202. The zero-order valence-electron chi connectivity index (χ0n) is 21.8. The normalized spacial score (nSPS) is 19.3. The number of amides is 2. The summed E-state index contributed by atoms with van der Waals surface area (Å²) in [6.07, 6.45) is 6.54. The van der Waals surface area contributed by atoms with E-state index in [0.717, 1.165) is 53.5 Å². The smallest absolute Gasteiger partial charge is 0.317 e. The topological polar surface area (TPSA) is 85.2 Å². The number of pyridine rings is 2. The predicted molar refractivity (Wildman–Crippen MR) is 142 cm³/mol. The van der Waals surface area contributed by atoms with Crippen molar-refractivity contribution in [1.82, 2.24) is 30.0 Å². The van der Waals surface area contributed by atoms with E-state index in [1.54, 1.807) is 6.20 Å². The molecule has 1 unspecified atom stereocenters. The molecule has 1 spiro atoms. The van der Waals surface area contributed by atoms with Crippen molar-refractivity contribution in [3.63, 3.8) is 0 Å². The van der Waals surface area contributed by atoms with E-state index >= 15 is 0 Å². The van der Waals surface area contributed by atoms with Crippen LogP contribution >= 0.6 is 0 Å². The molecule has 1 N–H and O–H groups in total. The molecule has 0 radical (unpaired) electrons. The summed E-state index contributed by atoms with van der Waals surface area (Å²) in [5, 5.41) is 8.92. The summed E-state index contributed by atoms with van der Waals surface area (Å²) >= 11 is 0. The molecule has 0 bridgehead atoms. The molecule has 2 aliphatic heterocycles. The summed E-state index contributed by atoms with van der Waals surface area (Å²) in [7, 11) is 0. The summed E-state index contributed by atoms with van der Waals surface area (Å²) in [5.74, 6) is 0.412. The number of urea groups is 1. The van der Waals surface area contributed by atoms with Crippen LogP contribution in [0.4, 0.5) is 9.18 Å². The number of aryl methyl sites for hydroxylation is 1. The first-order valence-corrected chi connectivity index (χ1v) is 13.1.